The maximum atomic E-state index is 10.8. The Labute approximate surface area is 115 Å². The zero-order chi connectivity index (χ0) is 14.3. The summed E-state index contributed by atoms with van der Waals surface area (Å²) in [5.41, 5.74) is 8.03. The van der Waals surface area contributed by atoms with Crippen molar-refractivity contribution in [2.24, 2.45) is 5.73 Å². The van der Waals surface area contributed by atoms with Crippen LogP contribution >= 0.6 is 0 Å². The number of hydrogen-bond acceptors (Lipinski definition) is 4. The van der Waals surface area contributed by atoms with Gasteiger partial charge < -0.3 is 15.3 Å². The molecule has 3 aromatic rings. The average Bonchev–Trinajstić information content (AvgIpc) is 2.76. The van der Waals surface area contributed by atoms with E-state index >= 15 is 0 Å². The number of carbonyl (C=O) groups is 1. The van der Waals surface area contributed by atoms with Gasteiger partial charge in [0.15, 0.2) is 11.5 Å². The summed E-state index contributed by atoms with van der Waals surface area (Å²) in [7, 11) is 0. The Balaban J connectivity index is 2.06. The van der Waals surface area contributed by atoms with Gasteiger partial charge in [-0.05, 0) is 29.8 Å². The molecule has 0 unspecified atom stereocenters. The van der Waals surface area contributed by atoms with Crippen molar-refractivity contribution >= 4 is 27.8 Å². The number of nitrogens with zero attached hydrogens (tertiary/aromatic N) is 1. The second-order valence-corrected chi connectivity index (χ2v) is 4.93. The van der Waals surface area contributed by atoms with Crippen molar-refractivity contribution in [1.29, 1.82) is 0 Å². The van der Waals surface area contributed by atoms with Crippen molar-refractivity contribution in [3.05, 3.63) is 41.8 Å². The summed E-state index contributed by atoms with van der Waals surface area (Å²) >= 11 is 0. The highest BCUT2D eigenvalue weighted by Gasteiger charge is 2.16. The van der Waals surface area contributed by atoms with E-state index in [9.17, 15) is 4.79 Å². The molecule has 0 radical (unpaired) electrons. The molecule has 102 valence electrons. The molecule has 0 amide bonds. The molecule has 3 rings (SSSR count). The first-order valence-corrected chi connectivity index (χ1v) is 6.31. The minimum atomic E-state index is -1.06. The molecule has 0 aliphatic heterocycles. The van der Waals surface area contributed by atoms with E-state index in [2.05, 4.69) is 11.1 Å². The number of aliphatic carboxylic acids is 1. The molecule has 2 aromatic carbocycles. The second-order valence-electron chi connectivity index (χ2n) is 4.93. The van der Waals surface area contributed by atoms with Gasteiger partial charge >= 0.3 is 5.97 Å². The van der Waals surface area contributed by atoms with Crippen LogP contribution in [0.1, 0.15) is 11.5 Å². The Morgan fingerprint density at radius 2 is 2.15 bits per heavy atom. The summed E-state index contributed by atoms with van der Waals surface area (Å²) in [6.07, 6.45) is 0.0827. The van der Waals surface area contributed by atoms with E-state index < -0.39 is 12.0 Å². The second kappa shape index (κ2) is 4.61. The first-order chi connectivity index (χ1) is 9.52. The summed E-state index contributed by atoms with van der Waals surface area (Å²) in [5.74, 6) is -0.713. The quantitative estimate of drug-likeness (QED) is 0.761. The van der Waals surface area contributed by atoms with Crippen LogP contribution in [0.5, 0.6) is 0 Å². The number of benzene rings is 2. The molecule has 0 fully saturated rings. The van der Waals surface area contributed by atoms with Gasteiger partial charge in [-0.3, -0.25) is 4.79 Å². The number of aryl methyl sites for hydroxylation is 1. The molecular formula is C15H14N2O3. The van der Waals surface area contributed by atoms with Gasteiger partial charge in [0.1, 0.15) is 11.6 Å². The van der Waals surface area contributed by atoms with Crippen molar-refractivity contribution in [2.75, 3.05) is 0 Å². The number of oxazole rings is 1. The minimum Gasteiger partial charge on any atom is -0.480 e. The Morgan fingerprint density at radius 3 is 2.90 bits per heavy atom. The van der Waals surface area contributed by atoms with E-state index in [0.29, 0.717) is 11.5 Å². The lowest BCUT2D eigenvalue weighted by Crippen LogP contribution is -2.32. The van der Waals surface area contributed by atoms with Gasteiger partial charge in [-0.15, -0.1) is 0 Å². The maximum absolute atomic E-state index is 10.8. The predicted molar refractivity (Wildman–Crippen MR) is 75.6 cm³/mol. The Hall–Kier alpha value is -2.40. The van der Waals surface area contributed by atoms with Gasteiger partial charge in [0.2, 0.25) is 0 Å². The number of carboxylic acids is 1. The molecule has 1 aromatic heterocycles. The van der Waals surface area contributed by atoms with Crippen molar-refractivity contribution in [2.45, 2.75) is 19.4 Å². The number of hydrogen-bond donors (Lipinski definition) is 2. The highest BCUT2D eigenvalue weighted by molar-refractivity contribution is 5.94. The largest absolute Gasteiger partial charge is 0.480 e. The van der Waals surface area contributed by atoms with Crippen LogP contribution in [-0.2, 0) is 11.2 Å². The summed E-state index contributed by atoms with van der Waals surface area (Å²) in [6.45, 7) is 2.03. The van der Waals surface area contributed by atoms with Gasteiger partial charge in [0.25, 0.3) is 0 Å². The molecule has 1 heterocycles. The maximum Gasteiger partial charge on any atom is 0.321 e. The van der Waals surface area contributed by atoms with Gasteiger partial charge in [-0.25, -0.2) is 4.98 Å². The topological polar surface area (TPSA) is 89.3 Å². The fourth-order valence-corrected chi connectivity index (χ4v) is 2.20. The molecule has 1 atom stereocenters. The van der Waals surface area contributed by atoms with Crippen LogP contribution in [0.4, 0.5) is 0 Å². The van der Waals surface area contributed by atoms with Crippen LogP contribution in [0.15, 0.2) is 34.7 Å². The van der Waals surface area contributed by atoms with Crippen molar-refractivity contribution < 1.29 is 14.3 Å². The fraction of sp³-hybridized carbons (Fsp3) is 0.200. The average molecular weight is 270 g/mol. The summed E-state index contributed by atoms with van der Waals surface area (Å²) in [6, 6.07) is 8.98. The van der Waals surface area contributed by atoms with Gasteiger partial charge in [-0.2, -0.15) is 0 Å². The van der Waals surface area contributed by atoms with E-state index in [1.54, 1.807) is 0 Å². The molecule has 20 heavy (non-hydrogen) atoms. The van der Waals surface area contributed by atoms with Gasteiger partial charge in [0.05, 0.1) is 6.42 Å². The molecule has 3 N–H and O–H groups in total. The number of nitrogens with two attached hydrogens (primary N) is 1. The zero-order valence-electron chi connectivity index (χ0n) is 11.0. The molecule has 0 aliphatic carbocycles. The van der Waals surface area contributed by atoms with E-state index in [-0.39, 0.29) is 6.42 Å². The molecule has 0 saturated heterocycles. The fourth-order valence-electron chi connectivity index (χ4n) is 2.20. The molecular weight excluding hydrogens is 256 g/mol. The van der Waals surface area contributed by atoms with Crippen molar-refractivity contribution in [1.82, 2.24) is 4.98 Å². The van der Waals surface area contributed by atoms with E-state index in [1.807, 2.05) is 31.2 Å². The SMILES string of the molecule is Cc1ccc2cc3oc(C[C@H](N)C(=O)O)nc3cc2c1. The zero-order valence-corrected chi connectivity index (χ0v) is 11.0. The monoisotopic (exact) mass is 270 g/mol. The third-order valence-electron chi connectivity index (χ3n) is 3.26. The Morgan fingerprint density at radius 1 is 1.35 bits per heavy atom. The smallest absolute Gasteiger partial charge is 0.321 e. The van der Waals surface area contributed by atoms with Crippen LogP contribution in [0, 0.1) is 6.92 Å². The standard InChI is InChI=1S/C15H14N2O3/c1-8-2-3-9-6-13-12(5-10(9)4-8)17-14(20-13)7-11(16)15(18)19/h2-6,11H,7,16H2,1H3,(H,18,19)/t11-/m0/s1. The van der Waals surface area contributed by atoms with Crippen molar-refractivity contribution in [3.63, 3.8) is 0 Å². The summed E-state index contributed by atoms with van der Waals surface area (Å²) < 4.78 is 5.57. The van der Waals surface area contributed by atoms with Crippen LogP contribution < -0.4 is 5.73 Å². The lowest BCUT2D eigenvalue weighted by atomic mass is 10.1. The Kier molecular flexibility index (Phi) is 2.91. The van der Waals surface area contributed by atoms with E-state index in [4.69, 9.17) is 15.3 Å². The number of carboxylic acid groups (broad SMARTS) is 1. The highest BCUT2D eigenvalue weighted by atomic mass is 16.4. The first kappa shape index (κ1) is 12.6. The summed E-state index contributed by atoms with van der Waals surface area (Å²) in [4.78, 5) is 15.1. The van der Waals surface area contributed by atoms with E-state index in [1.165, 1.54) is 5.56 Å². The molecule has 5 heteroatoms. The van der Waals surface area contributed by atoms with Crippen LogP contribution in [-0.4, -0.2) is 22.1 Å². The number of aromatic nitrogens is 1. The lowest BCUT2D eigenvalue weighted by molar-refractivity contribution is -0.138. The van der Waals surface area contributed by atoms with Crippen molar-refractivity contribution in [3.8, 4) is 0 Å². The normalized spacial score (nSPS) is 12.9. The van der Waals surface area contributed by atoms with Crippen LogP contribution in [0.2, 0.25) is 0 Å². The summed E-state index contributed by atoms with van der Waals surface area (Å²) in [5, 5.41) is 11.0. The van der Waals surface area contributed by atoms with Crippen LogP contribution in [0.25, 0.3) is 21.9 Å². The van der Waals surface area contributed by atoms with Gasteiger partial charge in [-0.1, -0.05) is 23.8 Å². The molecule has 0 aliphatic rings. The molecule has 5 nitrogen and oxygen atoms in total. The van der Waals surface area contributed by atoms with Crippen LogP contribution in [0.3, 0.4) is 0 Å². The number of fused-ring (bicyclic) bond motifs is 2. The third kappa shape index (κ3) is 2.23. The molecule has 0 saturated carbocycles. The predicted octanol–water partition coefficient (Wildman–Crippen LogP) is 2.24. The number of rotatable bonds is 3. The lowest BCUT2D eigenvalue weighted by Gasteiger charge is -2.00. The third-order valence-corrected chi connectivity index (χ3v) is 3.26. The molecule has 0 spiro atoms. The first-order valence-electron chi connectivity index (χ1n) is 6.31. The van der Waals surface area contributed by atoms with E-state index in [0.717, 1.165) is 16.3 Å². The van der Waals surface area contributed by atoms with Gasteiger partial charge in [0, 0.05) is 0 Å². The Bertz CT molecular complexity index is 807. The highest BCUT2D eigenvalue weighted by Crippen LogP contribution is 2.24. The minimum absolute atomic E-state index is 0.0827. The molecule has 0 bridgehead atoms.